The van der Waals surface area contributed by atoms with Gasteiger partial charge in [0.15, 0.2) is 0 Å². The lowest BCUT2D eigenvalue weighted by Gasteiger charge is -2.39. The molecular weight excluding hydrogens is 479 g/mol. The molecule has 0 radical (unpaired) electrons. The van der Waals surface area contributed by atoms with Crippen LogP contribution in [0, 0.1) is 0 Å². The number of amides is 1. The van der Waals surface area contributed by atoms with Gasteiger partial charge < -0.3 is 9.80 Å². The molecule has 202 valence electrons. The summed E-state index contributed by atoms with van der Waals surface area (Å²) < 4.78 is 40.4. The molecule has 1 saturated heterocycles. The van der Waals surface area contributed by atoms with Crippen LogP contribution >= 0.6 is 0 Å². The van der Waals surface area contributed by atoms with E-state index in [0.717, 1.165) is 44.2 Å². The highest BCUT2D eigenvalue weighted by molar-refractivity contribution is 5.97. The van der Waals surface area contributed by atoms with Crippen LogP contribution in [0.5, 0.6) is 0 Å². The zero-order valence-corrected chi connectivity index (χ0v) is 22.5. The van der Waals surface area contributed by atoms with Crippen molar-refractivity contribution in [3.63, 3.8) is 0 Å². The van der Waals surface area contributed by atoms with Crippen LogP contribution in [-0.4, -0.2) is 60.0 Å². The lowest BCUT2D eigenvalue weighted by Crippen LogP contribution is -2.47. The highest BCUT2D eigenvalue weighted by Crippen LogP contribution is 2.40. The molecule has 37 heavy (non-hydrogen) atoms. The molecule has 3 heterocycles. The average molecular weight is 518 g/mol. The molecule has 9 heteroatoms. The van der Waals surface area contributed by atoms with Crippen molar-refractivity contribution >= 4 is 17.4 Å². The van der Waals surface area contributed by atoms with Crippen molar-refractivity contribution < 1.29 is 18.0 Å². The summed E-state index contributed by atoms with van der Waals surface area (Å²) in [5, 5.41) is 0. The maximum absolute atomic E-state index is 13.5. The number of hydrogen-bond acceptors (Lipinski definition) is 5. The van der Waals surface area contributed by atoms with Crippen LogP contribution in [0.25, 0.3) is 0 Å². The molecule has 0 saturated carbocycles. The summed E-state index contributed by atoms with van der Waals surface area (Å²) in [5.41, 5.74) is 0.627. The van der Waals surface area contributed by atoms with Crippen LogP contribution < -0.4 is 9.80 Å². The van der Waals surface area contributed by atoms with Gasteiger partial charge in [-0.1, -0.05) is 52.8 Å². The summed E-state index contributed by atoms with van der Waals surface area (Å²) in [6.07, 6.45) is -2.14. The van der Waals surface area contributed by atoms with Gasteiger partial charge >= 0.3 is 6.18 Å². The molecule has 1 aromatic heterocycles. The second kappa shape index (κ2) is 10.2. The smallest absolute Gasteiger partial charge is 0.354 e. The number of fused-ring (bicyclic) bond motifs is 1. The molecule has 1 fully saturated rings. The molecule has 2 aromatic rings. The van der Waals surface area contributed by atoms with Crippen LogP contribution in [0.3, 0.4) is 0 Å². The quantitative estimate of drug-likeness (QED) is 0.480. The zero-order chi connectivity index (χ0) is 27.0. The maximum Gasteiger partial charge on any atom is 0.433 e. The lowest BCUT2D eigenvalue weighted by molar-refractivity contribution is -0.141. The molecule has 0 aliphatic carbocycles. The van der Waals surface area contributed by atoms with Crippen molar-refractivity contribution in [1.82, 2.24) is 14.9 Å². The van der Waals surface area contributed by atoms with Gasteiger partial charge in [-0.25, -0.2) is 9.97 Å². The van der Waals surface area contributed by atoms with E-state index in [1.54, 1.807) is 0 Å². The van der Waals surface area contributed by atoms with Crippen LogP contribution in [0.4, 0.5) is 24.7 Å². The number of halogens is 3. The number of carbonyl (C=O) groups is 1. The number of carbonyl (C=O) groups excluding carboxylic acids is 1. The average Bonchev–Trinajstić information content (AvgIpc) is 2.82. The van der Waals surface area contributed by atoms with Gasteiger partial charge in [0.05, 0.1) is 0 Å². The number of nitrogens with zero attached hydrogens (tertiary/aromatic N) is 5. The Kier molecular flexibility index (Phi) is 7.57. The third-order valence-corrected chi connectivity index (χ3v) is 7.29. The Hall–Kier alpha value is -2.68. The topological polar surface area (TPSA) is 52.6 Å². The Morgan fingerprint density at radius 3 is 2.24 bits per heavy atom. The fourth-order valence-electron chi connectivity index (χ4n) is 5.11. The number of alkyl halides is 3. The molecule has 2 aliphatic rings. The summed E-state index contributed by atoms with van der Waals surface area (Å²) >= 11 is 0. The van der Waals surface area contributed by atoms with Gasteiger partial charge in [0.2, 0.25) is 5.91 Å². The first-order valence-electron chi connectivity index (χ1n) is 13.1. The molecule has 1 aromatic carbocycles. The van der Waals surface area contributed by atoms with E-state index < -0.39 is 17.3 Å². The number of hydrogen-bond donors (Lipinski definition) is 0. The number of anilines is 2. The van der Waals surface area contributed by atoms with E-state index in [0.29, 0.717) is 31.9 Å². The Morgan fingerprint density at radius 1 is 0.946 bits per heavy atom. The Morgan fingerprint density at radius 2 is 1.59 bits per heavy atom. The minimum absolute atomic E-state index is 0.151. The standard InChI is InChI=1S/C28H38F3N5O/c1-26(2,3)25-32-22(28(29,30)31)18-23(33-25)35-16-14-34(15-17-35)12-8-9-13-36-21-11-7-6-10-20(21)27(4,5)19-24(36)37/h6-7,10-11,18H,8-9,12-17,19H2,1-5H3. The molecule has 4 rings (SSSR count). The fourth-order valence-corrected chi connectivity index (χ4v) is 5.11. The van der Waals surface area contributed by atoms with E-state index in [4.69, 9.17) is 0 Å². The van der Waals surface area contributed by atoms with Crippen molar-refractivity contribution in [3.05, 3.63) is 47.4 Å². The van der Waals surface area contributed by atoms with Crippen molar-refractivity contribution in [3.8, 4) is 0 Å². The number of benzene rings is 1. The number of aromatic nitrogens is 2. The van der Waals surface area contributed by atoms with E-state index in [2.05, 4.69) is 34.8 Å². The predicted octanol–water partition coefficient (Wildman–Crippen LogP) is 5.41. The molecular formula is C28H38F3N5O. The van der Waals surface area contributed by atoms with E-state index in [-0.39, 0.29) is 17.1 Å². The molecule has 0 unspecified atom stereocenters. The van der Waals surface area contributed by atoms with Gasteiger partial charge in [-0.15, -0.1) is 0 Å². The van der Waals surface area contributed by atoms with E-state index >= 15 is 0 Å². The minimum atomic E-state index is -4.51. The number of rotatable bonds is 6. The summed E-state index contributed by atoms with van der Waals surface area (Å²) in [7, 11) is 0. The van der Waals surface area contributed by atoms with Gasteiger partial charge in [-0.2, -0.15) is 13.2 Å². The highest BCUT2D eigenvalue weighted by Gasteiger charge is 2.37. The Labute approximate surface area is 217 Å². The zero-order valence-electron chi connectivity index (χ0n) is 22.5. The van der Waals surface area contributed by atoms with Crippen molar-refractivity contribution in [2.45, 2.75) is 70.9 Å². The second-order valence-electron chi connectivity index (χ2n) is 11.8. The van der Waals surface area contributed by atoms with Gasteiger partial charge in [0.1, 0.15) is 17.3 Å². The van der Waals surface area contributed by atoms with Crippen molar-refractivity contribution in [2.75, 3.05) is 49.1 Å². The SMILES string of the molecule is CC(C)(C)c1nc(N2CCN(CCCCN3C(=O)CC(C)(C)c4ccccc43)CC2)cc(C(F)(F)F)n1. The molecule has 1 amide bonds. The minimum Gasteiger partial charge on any atom is -0.354 e. The third kappa shape index (κ3) is 6.25. The van der Waals surface area contributed by atoms with Gasteiger partial charge in [-0.05, 0) is 31.0 Å². The van der Waals surface area contributed by atoms with E-state index in [1.165, 1.54) is 5.56 Å². The van der Waals surface area contributed by atoms with Crippen LogP contribution in [-0.2, 0) is 21.8 Å². The maximum atomic E-state index is 13.5. The Bertz CT molecular complexity index is 1090. The predicted molar refractivity (Wildman–Crippen MR) is 140 cm³/mol. The number of piperazine rings is 1. The number of para-hydroxylation sites is 1. The van der Waals surface area contributed by atoms with Gasteiger partial charge in [0.25, 0.3) is 0 Å². The summed E-state index contributed by atoms with van der Waals surface area (Å²) in [6, 6.07) is 9.24. The van der Waals surface area contributed by atoms with Crippen LogP contribution in [0.2, 0.25) is 0 Å². The molecule has 0 atom stereocenters. The van der Waals surface area contributed by atoms with E-state index in [9.17, 15) is 18.0 Å². The molecule has 0 spiro atoms. The summed E-state index contributed by atoms with van der Waals surface area (Å²) in [6.45, 7) is 14.0. The third-order valence-electron chi connectivity index (χ3n) is 7.29. The normalized spacial score (nSPS) is 18.8. The van der Waals surface area contributed by atoms with E-state index in [1.807, 2.05) is 48.8 Å². The molecule has 6 nitrogen and oxygen atoms in total. The van der Waals surface area contributed by atoms with Crippen molar-refractivity contribution in [2.24, 2.45) is 0 Å². The number of unbranched alkanes of at least 4 members (excludes halogenated alkanes) is 1. The van der Waals surface area contributed by atoms with Gasteiger partial charge in [-0.3, -0.25) is 9.69 Å². The molecule has 0 N–H and O–H groups in total. The molecule has 2 aliphatic heterocycles. The van der Waals surface area contributed by atoms with Crippen LogP contribution in [0.15, 0.2) is 30.3 Å². The Balaban J connectivity index is 1.31. The fraction of sp³-hybridized carbons (Fsp3) is 0.607. The first kappa shape index (κ1) is 27.4. The summed E-state index contributed by atoms with van der Waals surface area (Å²) in [5.74, 6) is 0.726. The summed E-state index contributed by atoms with van der Waals surface area (Å²) in [4.78, 5) is 27.3. The van der Waals surface area contributed by atoms with Gasteiger partial charge in [0, 0.05) is 61.7 Å². The van der Waals surface area contributed by atoms with Crippen molar-refractivity contribution in [1.29, 1.82) is 0 Å². The lowest BCUT2D eigenvalue weighted by atomic mass is 9.77. The highest BCUT2D eigenvalue weighted by atomic mass is 19.4. The molecule has 0 bridgehead atoms. The monoisotopic (exact) mass is 517 g/mol. The largest absolute Gasteiger partial charge is 0.433 e. The first-order chi connectivity index (χ1) is 17.3. The second-order valence-corrected chi connectivity index (χ2v) is 11.8. The van der Waals surface area contributed by atoms with Crippen LogP contribution in [0.1, 0.15) is 71.0 Å². The first-order valence-corrected chi connectivity index (χ1v) is 13.1.